The number of piperidine rings is 1. The van der Waals surface area contributed by atoms with Crippen LogP contribution in [0.5, 0.6) is 0 Å². The normalized spacial score (nSPS) is 25.7. The van der Waals surface area contributed by atoms with Crippen molar-refractivity contribution in [3.05, 3.63) is 0 Å². The topological polar surface area (TPSA) is 49.4 Å². The van der Waals surface area contributed by atoms with E-state index in [0.717, 1.165) is 6.42 Å². The molecule has 0 bridgehead atoms. The molecule has 1 rings (SSSR count). The highest BCUT2D eigenvalue weighted by Crippen LogP contribution is 2.47. The maximum absolute atomic E-state index is 12.8. The van der Waals surface area contributed by atoms with Gasteiger partial charge >= 0.3 is 0 Å². The summed E-state index contributed by atoms with van der Waals surface area (Å²) in [5, 5.41) is 3.13. The van der Waals surface area contributed by atoms with Crippen molar-refractivity contribution in [2.75, 3.05) is 7.05 Å². The molecule has 4 nitrogen and oxygen atoms in total. The molecular formula is C16H30N2O2. The van der Waals surface area contributed by atoms with Gasteiger partial charge in [-0.15, -0.1) is 0 Å². The second-order valence-electron chi connectivity index (χ2n) is 7.85. The molecule has 1 fully saturated rings. The van der Waals surface area contributed by atoms with Crippen molar-refractivity contribution in [3.8, 4) is 0 Å². The molecule has 4 heteroatoms. The number of carbonyl (C=O) groups excluding carboxylic acids is 2. The predicted molar refractivity (Wildman–Crippen MR) is 81.5 cm³/mol. The summed E-state index contributed by atoms with van der Waals surface area (Å²) in [7, 11) is 1.83. The molecule has 0 aliphatic carbocycles. The van der Waals surface area contributed by atoms with Gasteiger partial charge in [-0.05, 0) is 53.5 Å². The molecule has 1 atom stereocenters. The summed E-state index contributed by atoms with van der Waals surface area (Å²) < 4.78 is 0. The Morgan fingerprint density at radius 1 is 1.35 bits per heavy atom. The molecule has 20 heavy (non-hydrogen) atoms. The molecule has 0 unspecified atom stereocenters. The molecular weight excluding hydrogens is 252 g/mol. The zero-order valence-electron chi connectivity index (χ0n) is 14.3. The highest BCUT2D eigenvalue weighted by atomic mass is 16.2. The largest absolute Gasteiger partial charge is 0.330 e. The first-order valence-corrected chi connectivity index (χ1v) is 7.38. The molecule has 0 radical (unpaired) electrons. The van der Waals surface area contributed by atoms with Gasteiger partial charge in [-0.3, -0.25) is 9.59 Å². The van der Waals surface area contributed by atoms with Gasteiger partial charge in [-0.2, -0.15) is 0 Å². The molecule has 1 aliphatic rings. The Labute approximate surface area is 123 Å². The van der Waals surface area contributed by atoms with Crippen molar-refractivity contribution in [3.63, 3.8) is 0 Å². The van der Waals surface area contributed by atoms with Gasteiger partial charge in [0, 0.05) is 17.5 Å². The average Bonchev–Trinajstić information content (AvgIpc) is 2.21. The number of likely N-dealkylation sites (tertiary alicyclic amines) is 1. The molecule has 1 saturated heterocycles. The molecule has 0 saturated carbocycles. The zero-order chi connectivity index (χ0) is 15.9. The third kappa shape index (κ3) is 2.76. The maximum Gasteiger partial charge on any atom is 0.240 e. The number of likely N-dealkylation sites (N-methyl/N-ethyl adjacent to an activating group) is 1. The summed E-state index contributed by atoms with van der Waals surface area (Å²) in [4.78, 5) is 26.4. The molecule has 1 aliphatic heterocycles. The molecule has 0 aromatic heterocycles. The monoisotopic (exact) mass is 282 g/mol. The number of hydrogen-bond donors (Lipinski definition) is 1. The van der Waals surface area contributed by atoms with Gasteiger partial charge in [0.1, 0.15) is 5.78 Å². The highest BCUT2D eigenvalue weighted by Gasteiger charge is 2.55. The standard InChI is InChI=1S/C16H30N2O2/c1-11(19)9-15(4,5)18-13(20)12(17-8)10-14(2,3)16(18,6)7/h12,17H,9-10H2,1-8H3/t12-/m0/s1. The lowest BCUT2D eigenvalue weighted by atomic mass is 9.64. The van der Waals surface area contributed by atoms with E-state index in [9.17, 15) is 9.59 Å². The van der Waals surface area contributed by atoms with Crippen molar-refractivity contribution >= 4 is 11.7 Å². The van der Waals surface area contributed by atoms with E-state index in [4.69, 9.17) is 0 Å². The van der Waals surface area contributed by atoms with Gasteiger partial charge in [-0.25, -0.2) is 0 Å². The second-order valence-corrected chi connectivity index (χ2v) is 7.85. The molecule has 116 valence electrons. The number of hydrogen-bond acceptors (Lipinski definition) is 3. The minimum absolute atomic E-state index is 0.0252. The van der Waals surface area contributed by atoms with Crippen molar-refractivity contribution in [2.45, 2.75) is 78.4 Å². The molecule has 1 heterocycles. The van der Waals surface area contributed by atoms with Gasteiger partial charge in [0.25, 0.3) is 0 Å². The van der Waals surface area contributed by atoms with Crippen LogP contribution in [0.1, 0.15) is 61.3 Å². The minimum Gasteiger partial charge on any atom is -0.330 e. The van der Waals surface area contributed by atoms with Crippen LogP contribution in [0.4, 0.5) is 0 Å². The Hall–Kier alpha value is -0.900. The van der Waals surface area contributed by atoms with Crippen LogP contribution in [0.2, 0.25) is 0 Å². The summed E-state index contributed by atoms with van der Waals surface area (Å²) in [5.41, 5.74) is -0.793. The zero-order valence-corrected chi connectivity index (χ0v) is 14.3. The van der Waals surface area contributed by atoms with Crippen LogP contribution in [0.25, 0.3) is 0 Å². The SMILES string of the molecule is CN[C@H]1CC(C)(C)C(C)(C)N(C(C)(C)CC(C)=O)C1=O. The summed E-state index contributed by atoms with van der Waals surface area (Å²) >= 11 is 0. The first-order valence-electron chi connectivity index (χ1n) is 7.38. The predicted octanol–water partition coefficient (Wildman–Crippen LogP) is 2.37. The molecule has 0 spiro atoms. The Bertz CT molecular complexity index is 411. The number of amides is 1. The van der Waals surface area contributed by atoms with Crippen LogP contribution in [0.15, 0.2) is 0 Å². The van der Waals surface area contributed by atoms with Crippen LogP contribution in [0, 0.1) is 5.41 Å². The van der Waals surface area contributed by atoms with Crippen LogP contribution in [0.3, 0.4) is 0 Å². The summed E-state index contributed by atoms with van der Waals surface area (Å²) in [6.45, 7) is 14.2. The van der Waals surface area contributed by atoms with E-state index in [2.05, 4.69) is 33.0 Å². The van der Waals surface area contributed by atoms with Gasteiger partial charge < -0.3 is 10.2 Å². The average molecular weight is 282 g/mol. The number of carbonyl (C=O) groups is 2. The van der Waals surface area contributed by atoms with Gasteiger partial charge in [-0.1, -0.05) is 13.8 Å². The van der Waals surface area contributed by atoms with Gasteiger partial charge in [0.2, 0.25) is 5.91 Å². The Kier molecular flexibility index (Phi) is 4.41. The Balaban J connectivity index is 3.30. The molecule has 0 aromatic rings. The smallest absolute Gasteiger partial charge is 0.240 e. The first-order chi connectivity index (χ1) is 8.87. The minimum atomic E-state index is -0.473. The lowest BCUT2D eigenvalue weighted by Gasteiger charge is -2.60. The number of rotatable bonds is 4. The quantitative estimate of drug-likeness (QED) is 0.861. The van der Waals surface area contributed by atoms with Crippen molar-refractivity contribution < 1.29 is 9.59 Å². The third-order valence-electron chi connectivity index (χ3n) is 5.08. The van der Waals surface area contributed by atoms with E-state index in [-0.39, 0.29) is 28.7 Å². The number of ketones is 1. The van der Waals surface area contributed by atoms with E-state index in [1.54, 1.807) is 6.92 Å². The summed E-state index contributed by atoms with van der Waals surface area (Å²) in [6.07, 6.45) is 1.19. The summed E-state index contributed by atoms with van der Waals surface area (Å²) in [6, 6.07) is -0.177. The highest BCUT2D eigenvalue weighted by molar-refractivity contribution is 5.86. The van der Waals surface area contributed by atoms with Crippen molar-refractivity contribution in [1.29, 1.82) is 0 Å². The van der Waals surface area contributed by atoms with Gasteiger partial charge in [0.15, 0.2) is 0 Å². The van der Waals surface area contributed by atoms with Crippen LogP contribution < -0.4 is 5.32 Å². The first kappa shape index (κ1) is 17.2. The van der Waals surface area contributed by atoms with E-state index >= 15 is 0 Å². The van der Waals surface area contributed by atoms with E-state index in [1.165, 1.54) is 0 Å². The fourth-order valence-electron chi connectivity index (χ4n) is 3.55. The Morgan fingerprint density at radius 2 is 1.85 bits per heavy atom. The lowest BCUT2D eigenvalue weighted by molar-refractivity contribution is -0.166. The van der Waals surface area contributed by atoms with E-state index in [0.29, 0.717) is 6.42 Å². The number of nitrogens with zero attached hydrogens (tertiary/aromatic N) is 1. The van der Waals surface area contributed by atoms with Crippen LogP contribution in [-0.4, -0.2) is 40.8 Å². The maximum atomic E-state index is 12.8. The summed E-state index contributed by atoms with van der Waals surface area (Å²) in [5.74, 6) is 0.214. The van der Waals surface area contributed by atoms with Crippen molar-refractivity contribution in [2.24, 2.45) is 5.41 Å². The molecule has 0 aromatic carbocycles. The van der Waals surface area contributed by atoms with E-state index in [1.807, 2.05) is 25.8 Å². The Morgan fingerprint density at radius 3 is 2.25 bits per heavy atom. The lowest BCUT2D eigenvalue weighted by Crippen LogP contribution is -2.71. The fraction of sp³-hybridized carbons (Fsp3) is 0.875. The fourth-order valence-corrected chi connectivity index (χ4v) is 3.55. The van der Waals surface area contributed by atoms with Gasteiger partial charge in [0.05, 0.1) is 6.04 Å². The number of Topliss-reactive ketones (excluding diaryl/α,β-unsaturated/α-hetero) is 1. The molecule has 1 amide bonds. The van der Waals surface area contributed by atoms with E-state index < -0.39 is 5.54 Å². The number of nitrogens with one attached hydrogen (secondary N) is 1. The molecule has 1 N–H and O–H groups in total. The second kappa shape index (κ2) is 5.14. The van der Waals surface area contributed by atoms with Crippen molar-refractivity contribution in [1.82, 2.24) is 10.2 Å². The third-order valence-corrected chi connectivity index (χ3v) is 5.08. The van der Waals surface area contributed by atoms with Crippen LogP contribution in [-0.2, 0) is 9.59 Å². The van der Waals surface area contributed by atoms with Crippen LogP contribution >= 0.6 is 0 Å².